The van der Waals surface area contributed by atoms with E-state index in [9.17, 15) is 0 Å². The van der Waals surface area contributed by atoms with Gasteiger partial charge in [-0.1, -0.05) is 54.6 Å². The smallest absolute Gasteiger partial charge is 0.248 e. The van der Waals surface area contributed by atoms with Crippen LogP contribution in [0, 0.1) is 0 Å². The predicted molar refractivity (Wildman–Crippen MR) is 121 cm³/mol. The van der Waals surface area contributed by atoms with Crippen LogP contribution in [0.4, 0.5) is 0 Å². The molecule has 0 aliphatic rings. The van der Waals surface area contributed by atoms with Crippen molar-refractivity contribution in [3.63, 3.8) is 0 Å². The van der Waals surface area contributed by atoms with Gasteiger partial charge >= 0.3 is 0 Å². The number of benzene rings is 4. The van der Waals surface area contributed by atoms with Crippen molar-refractivity contribution in [1.29, 1.82) is 0 Å². The fourth-order valence-corrected chi connectivity index (χ4v) is 4.39. The molecule has 0 amide bonds. The molecular weight excluding hydrogens is 370 g/mol. The average molecular weight is 389 g/mol. The normalized spacial score (nSPS) is 11.6. The zero-order chi connectivity index (χ0) is 20.1. The molecule has 30 heavy (non-hydrogen) atoms. The predicted octanol–water partition coefficient (Wildman–Crippen LogP) is 6.68. The van der Waals surface area contributed by atoms with E-state index < -0.39 is 0 Å². The SMILES string of the molecule is CCn1c2ccccc2c2cc(-c3nnc(-c4cccc5ccccc45)o3)ccc21. The van der Waals surface area contributed by atoms with Crippen molar-refractivity contribution < 1.29 is 4.42 Å². The maximum Gasteiger partial charge on any atom is 0.248 e. The van der Waals surface area contributed by atoms with Crippen LogP contribution in [0.2, 0.25) is 0 Å². The first kappa shape index (κ1) is 17.0. The minimum absolute atomic E-state index is 0.535. The van der Waals surface area contributed by atoms with Gasteiger partial charge in [0.25, 0.3) is 0 Å². The van der Waals surface area contributed by atoms with Crippen LogP contribution in [0.1, 0.15) is 6.92 Å². The molecule has 2 aromatic heterocycles. The van der Waals surface area contributed by atoms with Gasteiger partial charge in [0.15, 0.2) is 0 Å². The van der Waals surface area contributed by atoms with E-state index >= 15 is 0 Å². The van der Waals surface area contributed by atoms with Crippen LogP contribution in [-0.4, -0.2) is 14.8 Å². The largest absolute Gasteiger partial charge is 0.416 e. The van der Waals surface area contributed by atoms with Gasteiger partial charge in [0.05, 0.1) is 0 Å². The molecule has 4 aromatic carbocycles. The summed E-state index contributed by atoms with van der Waals surface area (Å²) in [4.78, 5) is 0. The highest BCUT2D eigenvalue weighted by molar-refractivity contribution is 6.09. The molecule has 0 radical (unpaired) electrons. The Hall–Kier alpha value is -3.92. The molecule has 0 bridgehead atoms. The Balaban J connectivity index is 1.51. The number of para-hydroxylation sites is 1. The Morgan fingerprint density at radius 1 is 0.700 bits per heavy atom. The van der Waals surface area contributed by atoms with Crippen molar-refractivity contribution in [3.05, 3.63) is 84.9 Å². The number of aryl methyl sites for hydroxylation is 1. The number of rotatable bonds is 3. The molecular formula is C26H19N3O. The van der Waals surface area contributed by atoms with E-state index in [4.69, 9.17) is 4.42 Å². The van der Waals surface area contributed by atoms with E-state index in [1.807, 2.05) is 24.3 Å². The number of nitrogens with zero attached hydrogens (tertiary/aromatic N) is 3. The summed E-state index contributed by atoms with van der Waals surface area (Å²) in [6.45, 7) is 3.10. The molecule has 0 aliphatic heterocycles. The van der Waals surface area contributed by atoms with Crippen LogP contribution >= 0.6 is 0 Å². The van der Waals surface area contributed by atoms with Gasteiger partial charge in [-0.25, -0.2) is 0 Å². The lowest BCUT2D eigenvalue weighted by molar-refractivity contribution is 0.585. The third-order valence-electron chi connectivity index (χ3n) is 5.78. The highest BCUT2D eigenvalue weighted by Crippen LogP contribution is 2.34. The van der Waals surface area contributed by atoms with Gasteiger partial charge in [-0.3, -0.25) is 0 Å². The van der Waals surface area contributed by atoms with Gasteiger partial charge in [0, 0.05) is 39.5 Å². The maximum absolute atomic E-state index is 6.13. The molecule has 4 heteroatoms. The minimum Gasteiger partial charge on any atom is -0.416 e. The summed E-state index contributed by atoms with van der Waals surface area (Å²) < 4.78 is 8.47. The molecule has 0 unspecified atom stereocenters. The average Bonchev–Trinajstić information content (AvgIpc) is 3.41. The van der Waals surface area contributed by atoms with Crippen molar-refractivity contribution in [2.24, 2.45) is 0 Å². The van der Waals surface area contributed by atoms with Crippen molar-refractivity contribution in [1.82, 2.24) is 14.8 Å². The topological polar surface area (TPSA) is 43.9 Å². The van der Waals surface area contributed by atoms with Gasteiger partial charge < -0.3 is 8.98 Å². The quantitative estimate of drug-likeness (QED) is 0.339. The first-order chi connectivity index (χ1) is 14.8. The van der Waals surface area contributed by atoms with Gasteiger partial charge in [-0.05, 0) is 48.0 Å². The molecule has 0 fully saturated rings. The second kappa shape index (κ2) is 6.56. The van der Waals surface area contributed by atoms with E-state index in [0.717, 1.165) is 28.4 Å². The molecule has 0 saturated carbocycles. The van der Waals surface area contributed by atoms with Crippen LogP contribution in [0.3, 0.4) is 0 Å². The highest BCUT2D eigenvalue weighted by Gasteiger charge is 2.15. The summed E-state index contributed by atoms with van der Waals surface area (Å²) in [6, 6.07) is 29.3. The number of hydrogen-bond acceptors (Lipinski definition) is 3. The summed E-state index contributed by atoms with van der Waals surface area (Å²) in [5.74, 6) is 1.08. The van der Waals surface area contributed by atoms with Gasteiger partial charge in [-0.2, -0.15) is 0 Å². The van der Waals surface area contributed by atoms with Crippen molar-refractivity contribution in [3.8, 4) is 22.9 Å². The molecule has 144 valence electrons. The lowest BCUT2D eigenvalue weighted by Crippen LogP contribution is -1.92. The lowest BCUT2D eigenvalue weighted by Gasteiger charge is -2.03. The zero-order valence-corrected chi connectivity index (χ0v) is 16.5. The van der Waals surface area contributed by atoms with Crippen LogP contribution < -0.4 is 0 Å². The van der Waals surface area contributed by atoms with Gasteiger partial charge in [-0.15, -0.1) is 10.2 Å². The summed E-state index contributed by atoms with van der Waals surface area (Å²) >= 11 is 0. The van der Waals surface area contributed by atoms with Gasteiger partial charge in [0.1, 0.15) is 0 Å². The maximum atomic E-state index is 6.13. The van der Waals surface area contributed by atoms with E-state index in [1.165, 1.54) is 21.8 Å². The second-order valence-electron chi connectivity index (χ2n) is 7.43. The van der Waals surface area contributed by atoms with Crippen LogP contribution in [0.25, 0.3) is 55.5 Å². The highest BCUT2D eigenvalue weighted by atomic mass is 16.4. The molecule has 0 aliphatic carbocycles. The van der Waals surface area contributed by atoms with Crippen LogP contribution in [0.15, 0.2) is 89.3 Å². The first-order valence-corrected chi connectivity index (χ1v) is 10.2. The Bertz CT molecular complexity index is 1540. The summed E-state index contributed by atoms with van der Waals surface area (Å²) in [5.41, 5.74) is 4.35. The molecule has 0 N–H and O–H groups in total. The lowest BCUT2D eigenvalue weighted by atomic mass is 10.0. The monoisotopic (exact) mass is 389 g/mol. The fourth-order valence-electron chi connectivity index (χ4n) is 4.39. The second-order valence-corrected chi connectivity index (χ2v) is 7.43. The Morgan fingerprint density at radius 3 is 2.33 bits per heavy atom. The van der Waals surface area contributed by atoms with Crippen molar-refractivity contribution in [2.45, 2.75) is 13.5 Å². The summed E-state index contributed by atoms with van der Waals surface area (Å²) in [6.07, 6.45) is 0. The number of fused-ring (bicyclic) bond motifs is 4. The third kappa shape index (κ3) is 2.47. The Kier molecular flexibility index (Phi) is 3.71. The number of hydrogen-bond donors (Lipinski definition) is 0. The number of aromatic nitrogens is 3. The van der Waals surface area contributed by atoms with E-state index in [1.54, 1.807) is 0 Å². The van der Waals surface area contributed by atoms with E-state index in [0.29, 0.717) is 11.8 Å². The standard InChI is InChI=1S/C26H19N3O/c1-2-29-23-13-6-5-11-20(23)22-16-18(14-15-24(22)29)25-27-28-26(30-25)21-12-7-9-17-8-3-4-10-19(17)21/h3-16H,2H2,1H3. The van der Waals surface area contributed by atoms with E-state index in [-0.39, 0.29) is 0 Å². The Morgan fingerprint density at radius 2 is 1.43 bits per heavy atom. The summed E-state index contributed by atoms with van der Waals surface area (Å²) in [7, 11) is 0. The van der Waals surface area contributed by atoms with Crippen LogP contribution in [-0.2, 0) is 6.54 Å². The molecule has 0 saturated heterocycles. The molecule has 6 rings (SSSR count). The van der Waals surface area contributed by atoms with Crippen molar-refractivity contribution in [2.75, 3.05) is 0 Å². The minimum atomic E-state index is 0.535. The Labute approximate surface area is 173 Å². The molecule has 4 nitrogen and oxygen atoms in total. The fraction of sp³-hybridized carbons (Fsp3) is 0.0769. The molecule has 6 aromatic rings. The third-order valence-corrected chi connectivity index (χ3v) is 5.78. The molecule has 0 spiro atoms. The molecule has 2 heterocycles. The zero-order valence-electron chi connectivity index (χ0n) is 16.5. The van der Waals surface area contributed by atoms with Crippen LogP contribution in [0.5, 0.6) is 0 Å². The van der Waals surface area contributed by atoms with E-state index in [2.05, 4.69) is 82.4 Å². The van der Waals surface area contributed by atoms with Crippen molar-refractivity contribution >= 4 is 32.6 Å². The summed E-state index contributed by atoms with van der Waals surface area (Å²) in [5, 5.41) is 13.4. The first-order valence-electron chi connectivity index (χ1n) is 10.2. The molecule has 0 atom stereocenters. The van der Waals surface area contributed by atoms with Gasteiger partial charge in [0.2, 0.25) is 11.8 Å².